The van der Waals surface area contributed by atoms with Crippen LogP contribution in [0.15, 0.2) is 0 Å². The van der Waals surface area contributed by atoms with Crippen LogP contribution in [0.5, 0.6) is 6.01 Å². The predicted molar refractivity (Wildman–Crippen MR) is 71.3 cm³/mol. The third-order valence-electron chi connectivity index (χ3n) is 3.16. The van der Waals surface area contributed by atoms with Crippen LogP contribution in [0.25, 0.3) is 0 Å². The van der Waals surface area contributed by atoms with E-state index in [1.54, 1.807) is 0 Å². The Labute approximate surface area is 113 Å². The van der Waals surface area contributed by atoms with Crippen LogP contribution in [0.4, 0.5) is 5.95 Å². The van der Waals surface area contributed by atoms with E-state index < -0.39 is 0 Å². The Morgan fingerprint density at radius 1 is 1.28 bits per heavy atom. The predicted octanol–water partition coefficient (Wildman–Crippen LogP) is 2.69. The van der Waals surface area contributed by atoms with E-state index in [1.807, 2.05) is 6.92 Å². The van der Waals surface area contributed by atoms with Crippen molar-refractivity contribution in [3.8, 4) is 6.01 Å². The summed E-state index contributed by atoms with van der Waals surface area (Å²) < 4.78 is 5.31. The third kappa shape index (κ3) is 3.22. The van der Waals surface area contributed by atoms with Crippen molar-refractivity contribution >= 4 is 17.5 Å². The largest absolute Gasteiger partial charge is 0.464 e. The first kappa shape index (κ1) is 13.3. The summed E-state index contributed by atoms with van der Waals surface area (Å²) in [6.07, 6.45) is 4.84. The van der Waals surface area contributed by atoms with Gasteiger partial charge in [0.1, 0.15) is 0 Å². The normalized spacial score (nSPS) is 20.6. The van der Waals surface area contributed by atoms with Gasteiger partial charge in [-0.05, 0) is 38.3 Å². The van der Waals surface area contributed by atoms with Crippen LogP contribution in [0.3, 0.4) is 0 Å². The number of rotatable bonds is 3. The Hall–Kier alpha value is -1.10. The third-order valence-corrected chi connectivity index (χ3v) is 3.33. The van der Waals surface area contributed by atoms with Gasteiger partial charge in [-0.25, -0.2) is 0 Å². The molecule has 1 atom stereocenters. The van der Waals surface area contributed by atoms with Gasteiger partial charge in [0.2, 0.25) is 11.2 Å². The van der Waals surface area contributed by atoms with Crippen LogP contribution in [0.1, 0.15) is 39.5 Å². The van der Waals surface area contributed by atoms with Crippen molar-refractivity contribution in [3.63, 3.8) is 0 Å². The molecule has 5 nitrogen and oxygen atoms in total. The van der Waals surface area contributed by atoms with Gasteiger partial charge < -0.3 is 9.64 Å². The van der Waals surface area contributed by atoms with Gasteiger partial charge in [-0.15, -0.1) is 0 Å². The zero-order chi connectivity index (χ0) is 13.0. The van der Waals surface area contributed by atoms with Crippen LogP contribution in [-0.4, -0.2) is 34.1 Å². The van der Waals surface area contributed by atoms with Crippen molar-refractivity contribution in [1.29, 1.82) is 0 Å². The molecule has 2 rings (SSSR count). The maximum absolute atomic E-state index is 5.92. The van der Waals surface area contributed by atoms with Gasteiger partial charge in [-0.3, -0.25) is 0 Å². The molecule has 1 aromatic heterocycles. The van der Waals surface area contributed by atoms with Crippen molar-refractivity contribution < 1.29 is 4.74 Å². The molecule has 0 amide bonds. The molecule has 0 saturated carbocycles. The van der Waals surface area contributed by atoms with Crippen molar-refractivity contribution in [2.45, 2.75) is 45.6 Å². The quantitative estimate of drug-likeness (QED) is 0.845. The Kier molecular flexibility index (Phi) is 4.58. The fourth-order valence-electron chi connectivity index (χ4n) is 2.22. The number of hydrogen-bond acceptors (Lipinski definition) is 5. The first-order valence-corrected chi connectivity index (χ1v) is 6.89. The van der Waals surface area contributed by atoms with Crippen LogP contribution < -0.4 is 9.64 Å². The summed E-state index contributed by atoms with van der Waals surface area (Å²) in [5.41, 5.74) is 0. The van der Waals surface area contributed by atoms with Crippen LogP contribution >= 0.6 is 11.6 Å². The minimum absolute atomic E-state index is 0.194. The zero-order valence-electron chi connectivity index (χ0n) is 10.9. The second kappa shape index (κ2) is 6.18. The molecule has 18 heavy (non-hydrogen) atoms. The van der Waals surface area contributed by atoms with Crippen molar-refractivity contribution in [1.82, 2.24) is 15.0 Å². The molecule has 2 heterocycles. The summed E-state index contributed by atoms with van der Waals surface area (Å²) in [6, 6.07) is 0.740. The molecule has 0 aromatic carbocycles. The molecule has 100 valence electrons. The van der Waals surface area contributed by atoms with Crippen molar-refractivity contribution in [2.24, 2.45) is 0 Å². The molecule has 1 saturated heterocycles. The first-order chi connectivity index (χ1) is 8.70. The molecule has 0 radical (unpaired) electrons. The summed E-state index contributed by atoms with van der Waals surface area (Å²) in [5, 5.41) is 0.194. The highest BCUT2D eigenvalue weighted by Gasteiger charge is 2.21. The van der Waals surface area contributed by atoms with Crippen LogP contribution in [0.2, 0.25) is 5.28 Å². The zero-order valence-corrected chi connectivity index (χ0v) is 11.7. The SMILES string of the molecule is CCOc1nc(Cl)nc(N2CCCCCC2C)n1. The highest BCUT2D eigenvalue weighted by atomic mass is 35.5. The summed E-state index contributed by atoms with van der Waals surface area (Å²) >= 11 is 5.92. The summed E-state index contributed by atoms with van der Waals surface area (Å²) in [5.74, 6) is 0.632. The van der Waals surface area contributed by atoms with Gasteiger partial charge in [0.25, 0.3) is 0 Å². The number of halogens is 1. The Morgan fingerprint density at radius 2 is 2.11 bits per heavy atom. The van der Waals surface area contributed by atoms with Crippen molar-refractivity contribution in [2.75, 3.05) is 18.1 Å². The van der Waals surface area contributed by atoms with E-state index >= 15 is 0 Å². The van der Waals surface area contributed by atoms with Crippen molar-refractivity contribution in [3.05, 3.63) is 5.28 Å². The van der Waals surface area contributed by atoms with Gasteiger partial charge >= 0.3 is 6.01 Å². The topological polar surface area (TPSA) is 51.1 Å². The lowest BCUT2D eigenvalue weighted by atomic mass is 10.1. The lowest BCUT2D eigenvalue weighted by Gasteiger charge is -2.27. The van der Waals surface area contributed by atoms with Gasteiger partial charge in [0, 0.05) is 12.6 Å². The summed E-state index contributed by atoms with van der Waals surface area (Å²) in [7, 11) is 0. The average molecular weight is 271 g/mol. The van der Waals surface area contributed by atoms with E-state index in [2.05, 4.69) is 26.8 Å². The fraction of sp³-hybridized carbons (Fsp3) is 0.750. The van der Waals surface area contributed by atoms with Gasteiger partial charge in [0.05, 0.1) is 6.61 Å². The molecule has 1 unspecified atom stereocenters. The number of aromatic nitrogens is 3. The van der Waals surface area contributed by atoms with Crippen LogP contribution in [0, 0.1) is 0 Å². The second-order valence-corrected chi connectivity index (χ2v) is 4.85. The molecule has 6 heteroatoms. The second-order valence-electron chi connectivity index (χ2n) is 4.51. The summed E-state index contributed by atoms with van der Waals surface area (Å²) in [4.78, 5) is 14.7. The molecule has 1 aromatic rings. The highest BCUT2D eigenvalue weighted by Crippen LogP contribution is 2.23. The van der Waals surface area contributed by atoms with Gasteiger partial charge in [-0.2, -0.15) is 15.0 Å². The Bertz CT molecular complexity index is 402. The first-order valence-electron chi connectivity index (χ1n) is 6.51. The molecular weight excluding hydrogens is 252 g/mol. The molecule has 0 aliphatic carbocycles. The van der Waals surface area contributed by atoms with E-state index in [9.17, 15) is 0 Å². The maximum atomic E-state index is 5.92. The smallest absolute Gasteiger partial charge is 0.322 e. The fourth-order valence-corrected chi connectivity index (χ4v) is 2.36. The highest BCUT2D eigenvalue weighted by molar-refractivity contribution is 6.28. The number of ether oxygens (including phenoxy) is 1. The van der Waals surface area contributed by atoms with E-state index in [0.29, 0.717) is 24.6 Å². The molecule has 0 bridgehead atoms. The molecule has 0 N–H and O–H groups in total. The minimum Gasteiger partial charge on any atom is -0.464 e. The molecule has 0 spiro atoms. The Morgan fingerprint density at radius 3 is 2.89 bits per heavy atom. The average Bonchev–Trinajstić information content (AvgIpc) is 2.53. The van der Waals surface area contributed by atoms with E-state index in [0.717, 1.165) is 19.4 Å². The Balaban J connectivity index is 2.24. The monoisotopic (exact) mass is 270 g/mol. The lowest BCUT2D eigenvalue weighted by molar-refractivity contribution is 0.311. The molecule has 1 aliphatic heterocycles. The number of hydrogen-bond donors (Lipinski definition) is 0. The van der Waals surface area contributed by atoms with E-state index in [4.69, 9.17) is 16.3 Å². The van der Waals surface area contributed by atoms with E-state index in [-0.39, 0.29) is 5.28 Å². The number of anilines is 1. The molecule has 1 aliphatic rings. The number of nitrogens with zero attached hydrogens (tertiary/aromatic N) is 4. The minimum atomic E-state index is 0.194. The van der Waals surface area contributed by atoms with Gasteiger partial charge in [0.15, 0.2) is 0 Å². The maximum Gasteiger partial charge on any atom is 0.322 e. The van der Waals surface area contributed by atoms with Gasteiger partial charge in [-0.1, -0.05) is 12.8 Å². The van der Waals surface area contributed by atoms with E-state index in [1.165, 1.54) is 12.8 Å². The molecular formula is C12H19ClN4O. The summed E-state index contributed by atoms with van der Waals surface area (Å²) in [6.45, 7) is 5.58. The lowest BCUT2D eigenvalue weighted by Crippen LogP contribution is -2.34. The van der Waals surface area contributed by atoms with Crippen LogP contribution in [-0.2, 0) is 0 Å². The standard InChI is InChI=1S/C12H19ClN4O/c1-3-18-12-15-10(13)14-11(16-12)17-8-6-4-5-7-9(17)2/h9H,3-8H2,1-2H3. The molecule has 1 fully saturated rings.